The topological polar surface area (TPSA) is 102 Å². The van der Waals surface area contributed by atoms with E-state index < -0.39 is 18.1 Å². The molecule has 0 saturated heterocycles. The zero-order chi connectivity index (χ0) is 32.2. The Labute approximate surface area is 262 Å². The first kappa shape index (κ1) is 40.5. The number of quaternary nitrogens is 1. The van der Waals surface area contributed by atoms with Gasteiger partial charge in [-0.2, -0.15) is 0 Å². The smallest absolute Gasteiger partial charge is 0.306 e. The lowest BCUT2D eigenvalue weighted by Gasteiger charge is -2.34. The van der Waals surface area contributed by atoms with Crippen molar-refractivity contribution in [2.24, 2.45) is 0 Å². The highest BCUT2D eigenvalue weighted by atomic mass is 16.6. The van der Waals surface area contributed by atoms with Crippen molar-refractivity contribution in [1.82, 2.24) is 0 Å². The van der Waals surface area contributed by atoms with E-state index in [0.717, 1.165) is 83.5 Å². The molecule has 248 valence electrons. The molecule has 0 spiro atoms. The molecule has 0 bridgehead atoms. The molecular weight excluding hydrogens is 546 g/mol. The Bertz CT molecular complexity index is 813. The highest BCUT2D eigenvalue weighted by Gasteiger charge is 2.25. The molecular formula is C35H61NO7. The van der Waals surface area contributed by atoms with Crippen LogP contribution in [-0.4, -0.2) is 75.5 Å². The van der Waals surface area contributed by atoms with Gasteiger partial charge in [-0.25, -0.2) is 0 Å². The van der Waals surface area contributed by atoms with Gasteiger partial charge in [-0.05, 0) is 44.9 Å². The molecule has 0 saturated carbocycles. The number of allylic oxidation sites excluding steroid dienone is 6. The summed E-state index contributed by atoms with van der Waals surface area (Å²) >= 11 is 0. The molecule has 0 radical (unpaired) electrons. The summed E-state index contributed by atoms with van der Waals surface area (Å²) in [7, 11) is 5.36. The summed E-state index contributed by atoms with van der Waals surface area (Å²) in [5.41, 5.74) is 0. The van der Waals surface area contributed by atoms with Crippen LogP contribution in [0, 0.1) is 0 Å². The first-order valence-corrected chi connectivity index (χ1v) is 16.5. The number of carbonyl (C=O) groups is 3. The molecule has 0 rings (SSSR count). The van der Waals surface area contributed by atoms with Crippen LogP contribution in [0.3, 0.4) is 0 Å². The minimum atomic E-state index is -1.13. The maximum Gasteiger partial charge on any atom is 0.306 e. The predicted molar refractivity (Wildman–Crippen MR) is 171 cm³/mol. The number of unbranched alkanes of at least 4 members (excludes halogenated alkanes) is 8. The molecule has 0 aromatic rings. The summed E-state index contributed by atoms with van der Waals surface area (Å²) in [5, 5.41) is 11.5. The molecule has 43 heavy (non-hydrogen) atoms. The van der Waals surface area contributed by atoms with Crippen molar-refractivity contribution in [2.45, 2.75) is 129 Å². The Morgan fingerprint density at radius 1 is 0.721 bits per heavy atom. The monoisotopic (exact) mass is 607 g/mol. The molecule has 0 aromatic heterocycles. The average Bonchev–Trinajstić information content (AvgIpc) is 2.94. The van der Waals surface area contributed by atoms with E-state index in [1.165, 1.54) is 0 Å². The number of carbonyl (C=O) groups excluding carboxylic acids is 3. The summed E-state index contributed by atoms with van der Waals surface area (Å²) in [6.07, 6.45) is 26.5. The van der Waals surface area contributed by atoms with Gasteiger partial charge in [0.25, 0.3) is 0 Å². The number of esters is 2. The van der Waals surface area contributed by atoms with Crippen LogP contribution in [-0.2, 0) is 28.6 Å². The number of likely N-dealkylation sites (N-methyl/N-ethyl adjacent to an activating group) is 1. The lowest BCUT2D eigenvalue weighted by atomic mass is 10.1. The van der Waals surface area contributed by atoms with Gasteiger partial charge < -0.3 is 28.6 Å². The van der Waals surface area contributed by atoms with E-state index in [0.29, 0.717) is 12.8 Å². The molecule has 2 atom stereocenters. The minimum absolute atomic E-state index is 0.0327. The number of nitrogens with zero attached hydrogens (tertiary/aromatic N) is 1. The maximum absolute atomic E-state index is 12.5. The van der Waals surface area contributed by atoms with Crippen molar-refractivity contribution in [2.75, 3.05) is 41.0 Å². The number of aliphatic carboxylic acids is 1. The molecule has 8 nitrogen and oxygen atoms in total. The van der Waals surface area contributed by atoms with Gasteiger partial charge in [0, 0.05) is 19.3 Å². The fourth-order valence-electron chi connectivity index (χ4n) is 4.43. The van der Waals surface area contributed by atoms with Gasteiger partial charge in [0.2, 0.25) is 0 Å². The maximum atomic E-state index is 12.5. The average molecular weight is 608 g/mol. The van der Waals surface area contributed by atoms with Gasteiger partial charge in [0.05, 0.1) is 40.3 Å². The van der Waals surface area contributed by atoms with Gasteiger partial charge in [-0.3, -0.25) is 9.59 Å². The number of ether oxygens (including phenoxy) is 3. The van der Waals surface area contributed by atoms with Crippen LogP contribution in [0.5, 0.6) is 0 Å². The molecule has 8 heteroatoms. The lowest BCUT2D eigenvalue weighted by molar-refractivity contribution is -0.889. The Hall–Kier alpha value is -2.45. The van der Waals surface area contributed by atoms with E-state index >= 15 is 0 Å². The van der Waals surface area contributed by atoms with Gasteiger partial charge in [0.1, 0.15) is 12.6 Å². The summed E-state index contributed by atoms with van der Waals surface area (Å²) in [5.74, 6) is -1.79. The number of hydrogen-bond donors (Lipinski definition) is 0. The van der Waals surface area contributed by atoms with E-state index in [2.05, 4.69) is 50.3 Å². The molecule has 0 aliphatic rings. The van der Waals surface area contributed by atoms with Crippen molar-refractivity contribution >= 4 is 17.9 Å². The second kappa shape index (κ2) is 27.1. The van der Waals surface area contributed by atoms with E-state index in [4.69, 9.17) is 14.2 Å². The molecule has 0 aliphatic carbocycles. The van der Waals surface area contributed by atoms with Gasteiger partial charge in [-0.1, -0.05) is 88.8 Å². The minimum Gasteiger partial charge on any atom is -0.544 e. The molecule has 0 aromatic carbocycles. The molecule has 0 amide bonds. The summed E-state index contributed by atoms with van der Waals surface area (Å²) in [6.45, 7) is 4.37. The fraction of sp³-hybridized carbons (Fsp3) is 0.743. The Morgan fingerprint density at radius 2 is 1.30 bits per heavy atom. The lowest BCUT2D eigenvalue weighted by Crippen LogP contribution is -2.55. The quantitative estimate of drug-likeness (QED) is 0.0450. The van der Waals surface area contributed by atoms with Crippen LogP contribution >= 0.6 is 0 Å². The summed E-state index contributed by atoms with van der Waals surface area (Å²) < 4.78 is 16.8. The van der Waals surface area contributed by atoms with Crippen LogP contribution in [0.15, 0.2) is 36.5 Å². The number of rotatable bonds is 28. The first-order chi connectivity index (χ1) is 20.6. The highest BCUT2D eigenvalue weighted by Crippen LogP contribution is 2.11. The largest absolute Gasteiger partial charge is 0.544 e. The third-order valence-electron chi connectivity index (χ3n) is 7.04. The van der Waals surface area contributed by atoms with Gasteiger partial charge in [-0.15, -0.1) is 0 Å². The summed E-state index contributed by atoms with van der Waals surface area (Å²) in [4.78, 5) is 36.1. The second-order valence-corrected chi connectivity index (χ2v) is 12.0. The normalized spacial score (nSPS) is 13.6. The van der Waals surface area contributed by atoms with Crippen LogP contribution < -0.4 is 5.11 Å². The molecule has 2 unspecified atom stereocenters. The van der Waals surface area contributed by atoms with Gasteiger partial charge in [0.15, 0.2) is 6.10 Å². The zero-order valence-electron chi connectivity index (χ0n) is 27.9. The third-order valence-corrected chi connectivity index (χ3v) is 7.04. The zero-order valence-corrected chi connectivity index (χ0v) is 27.9. The van der Waals surface area contributed by atoms with E-state index in [1.807, 2.05) is 0 Å². The van der Waals surface area contributed by atoms with Crippen molar-refractivity contribution in [3.63, 3.8) is 0 Å². The van der Waals surface area contributed by atoms with E-state index in [9.17, 15) is 19.5 Å². The molecule has 0 aliphatic heterocycles. The Morgan fingerprint density at radius 3 is 1.93 bits per heavy atom. The Balaban J connectivity index is 4.39. The SMILES string of the molecule is CC/C=C\C/C=C\C/C=C\CCCCCCCC(=O)OC(COCCC(C(=O)[O-])[N+](C)(C)C)COC(=O)CCCCCC. The number of hydrogen-bond acceptors (Lipinski definition) is 7. The van der Waals surface area contributed by atoms with Crippen molar-refractivity contribution in [1.29, 1.82) is 0 Å². The second-order valence-electron chi connectivity index (χ2n) is 12.0. The fourth-order valence-corrected chi connectivity index (χ4v) is 4.43. The van der Waals surface area contributed by atoms with Crippen molar-refractivity contribution in [3.05, 3.63) is 36.5 Å². The van der Waals surface area contributed by atoms with Crippen molar-refractivity contribution < 1.29 is 38.2 Å². The predicted octanol–water partition coefficient (Wildman–Crippen LogP) is 6.23. The van der Waals surface area contributed by atoms with Gasteiger partial charge >= 0.3 is 11.9 Å². The van der Waals surface area contributed by atoms with E-state index in [-0.39, 0.29) is 42.7 Å². The highest BCUT2D eigenvalue weighted by molar-refractivity contribution is 5.70. The van der Waals surface area contributed by atoms with E-state index in [1.54, 1.807) is 21.1 Å². The van der Waals surface area contributed by atoms with Crippen LogP contribution in [0.4, 0.5) is 0 Å². The standard InChI is InChI=1S/C35H61NO7/c1-6-8-10-12-13-14-15-16-17-18-19-20-21-22-24-26-34(38)43-31(30-42-33(37)25-23-11-9-7-2)29-41-28-27-32(35(39)40)36(3,4)5/h8,10,13-14,16-17,31-32H,6-7,9,11-12,15,18-30H2,1-5H3/b10-8-,14-13-,17-16-. The van der Waals surface area contributed by atoms with Crippen LogP contribution in [0.2, 0.25) is 0 Å². The third kappa shape index (κ3) is 25.7. The van der Waals surface area contributed by atoms with Crippen molar-refractivity contribution in [3.8, 4) is 0 Å². The molecule has 0 heterocycles. The first-order valence-electron chi connectivity index (χ1n) is 16.5. The van der Waals surface area contributed by atoms with Crippen LogP contribution in [0.25, 0.3) is 0 Å². The molecule has 0 N–H and O–H groups in total. The van der Waals surface area contributed by atoms with Crippen LogP contribution in [0.1, 0.15) is 117 Å². The Kier molecular flexibility index (Phi) is 25.6. The number of carboxylic acids is 1. The number of carboxylic acid groups (broad SMARTS) is 1. The summed E-state index contributed by atoms with van der Waals surface area (Å²) in [6, 6.07) is -0.724. The molecule has 0 fully saturated rings.